The van der Waals surface area contributed by atoms with E-state index in [1.807, 2.05) is 7.05 Å². The molecular weight excluding hydrogens is 140 g/mol. The van der Waals surface area contributed by atoms with E-state index < -0.39 is 0 Å². The Morgan fingerprint density at radius 3 is 2.73 bits per heavy atom. The summed E-state index contributed by atoms with van der Waals surface area (Å²) in [5, 5.41) is 0. The van der Waals surface area contributed by atoms with Gasteiger partial charge in [-0.3, -0.25) is 0 Å². The lowest BCUT2D eigenvalue weighted by Gasteiger charge is -2.20. The van der Waals surface area contributed by atoms with Gasteiger partial charge in [0.1, 0.15) is 0 Å². The van der Waals surface area contributed by atoms with Crippen molar-refractivity contribution in [2.24, 2.45) is 0 Å². The van der Waals surface area contributed by atoms with Crippen molar-refractivity contribution in [1.82, 2.24) is 9.80 Å². The number of amides is 2. The van der Waals surface area contributed by atoms with Gasteiger partial charge in [0, 0.05) is 26.3 Å². The Bertz CT molecular complexity index is 167. The van der Waals surface area contributed by atoms with E-state index in [0.29, 0.717) is 0 Å². The van der Waals surface area contributed by atoms with E-state index in [-0.39, 0.29) is 6.03 Å². The van der Waals surface area contributed by atoms with Crippen LogP contribution in [0.5, 0.6) is 0 Å². The first-order chi connectivity index (χ1) is 5.25. The van der Waals surface area contributed by atoms with Crippen LogP contribution < -0.4 is 0 Å². The van der Waals surface area contributed by atoms with Crippen LogP contribution in [0.3, 0.4) is 0 Å². The van der Waals surface area contributed by atoms with Crippen molar-refractivity contribution in [1.29, 1.82) is 0 Å². The lowest BCUT2D eigenvalue weighted by Crippen LogP contribution is -2.35. The van der Waals surface area contributed by atoms with Crippen molar-refractivity contribution in [3.05, 3.63) is 12.8 Å². The Balaban J connectivity index is 2.63. The van der Waals surface area contributed by atoms with Crippen molar-refractivity contribution in [2.45, 2.75) is 12.8 Å². The smallest absolute Gasteiger partial charge is 0.323 e. The summed E-state index contributed by atoms with van der Waals surface area (Å²) in [6.07, 6.45) is 3.76. The minimum atomic E-state index is 0.0671. The SMILES string of the molecule is C=CN1CCCCN(C)C1=O. The molecule has 0 aromatic rings. The zero-order chi connectivity index (χ0) is 8.27. The van der Waals surface area contributed by atoms with E-state index in [9.17, 15) is 4.79 Å². The minimum Gasteiger partial charge on any atom is -0.327 e. The lowest BCUT2D eigenvalue weighted by atomic mass is 10.3. The molecule has 1 heterocycles. The third-order valence-electron chi connectivity index (χ3n) is 1.94. The highest BCUT2D eigenvalue weighted by molar-refractivity contribution is 5.75. The van der Waals surface area contributed by atoms with E-state index in [1.54, 1.807) is 16.0 Å². The summed E-state index contributed by atoms with van der Waals surface area (Å²) in [6, 6.07) is 0.0671. The van der Waals surface area contributed by atoms with E-state index in [1.165, 1.54) is 0 Å². The molecule has 0 bridgehead atoms. The van der Waals surface area contributed by atoms with E-state index >= 15 is 0 Å². The first kappa shape index (κ1) is 8.11. The molecule has 2 amide bonds. The Morgan fingerprint density at radius 1 is 1.45 bits per heavy atom. The standard InChI is InChI=1S/C8H14N2O/c1-3-10-7-5-4-6-9(2)8(10)11/h3H,1,4-7H2,2H3. The number of urea groups is 1. The molecule has 1 aliphatic heterocycles. The number of carbonyl (C=O) groups excluding carboxylic acids is 1. The van der Waals surface area contributed by atoms with Crippen LogP contribution in [0.15, 0.2) is 12.8 Å². The second kappa shape index (κ2) is 3.42. The molecule has 0 unspecified atom stereocenters. The summed E-state index contributed by atoms with van der Waals surface area (Å²) in [5.74, 6) is 0. The van der Waals surface area contributed by atoms with Crippen LogP contribution in [0.4, 0.5) is 4.79 Å². The molecule has 0 aliphatic carbocycles. The molecule has 1 rings (SSSR count). The third-order valence-corrected chi connectivity index (χ3v) is 1.94. The molecule has 3 heteroatoms. The van der Waals surface area contributed by atoms with E-state index in [2.05, 4.69) is 6.58 Å². The first-order valence-electron chi connectivity index (χ1n) is 3.90. The van der Waals surface area contributed by atoms with Crippen molar-refractivity contribution in [2.75, 3.05) is 20.1 Å². The summed E-state index contributed by atoms with van der Waals surface area (Å²) < 4.78 is 0. The highest BCUT2D eigenvalue weighted by Crippen LogP contribution is 2.07. The van der Waals surface area contributed by atoms with Crippen molar-refractivity contribution < 1.29 is 4.79 Å². The molecule has 0 aromatic carbocycles. The number of nitrogens with zero attached hydrogens (tertiary/aromatic N) is 2. The van der Waals surface area contributed by atoms with Gasteiger partial charge in [-0.1, -0.05) is 6.58 Å². The molecule has 0 aromatic heterocycles. The number of carbonyl (C=O) groups is 1. The van der Waals surface area contributed by atoms with Crippen LogP contribution in [-0.4, -0.2) is 36.0 Å². The number of rotatable bonds is 1. The van der Waals surface area contributed by atoms with Gasteiger partial charge in [0.15, 0.2) is 0 Å². The first-order valence-corrected chi connectivity index (χ1v) is 3.90. The maximum atomic E-state index is 11.4. The van der Waals surface area contributed by atoms with Crippen LogP contribution in [0.2, 0.25) is 0 Å². The molecule has 1 saturated heterocycles. The Kier molecular flexibility index (Phi) is 2.52. The summed E-state index contributed by atoms with van der Waals surface area (Å²) in [5.41, 5.74) is 0. The Labute approximate surface area is 67.3 Å². The highest BCUT2D eigenvalue weighted by Gasteiger charge is 2.17. The molecular formula is C8H14N2O. The van der Waals surface area contributed by atoms with Crippen LogP contribution >= 0.6 is 0 Å². The van der Waals surface area contributed by atoms with Crippen molar-refractivity contribution in [3.63, 3.8) is 0 Å². The highest BCUT2D eigenvalue weighted by atomic mass is 16.2. The second-order valence-electron chi connectivity index (χ2n) is 2.79. The fraction of sp³-hybridized carbons (Fsp3) is 0.625. The van der Waals surface area contributed by atoms with Gasteiger partial charge < -0.3 is 9.80 Å². The van der Waals surface area contributed by atoms with Crippen LogP contribution in [0.25, 0.3) is 0 Å². The molecule has 1 aliphatic rings. The maximum Gasteiger partial charge on any atom is 0.323 e. The molecule has 11 heavy (non-hydrogen) atoms. The van der Waals surface area contributed by atoms with E-state index in [0.717, 1.165) is 25.9 Å². The molecule has 0 atom stereocenters. The summed E-state index contributed by atoms with van der Waals surface area (Å²) in [4.78, 5) is 14.7. The van der Waals surface area contributed by atoms with Gasteiger partial charge in [0.05, 0.1) is 0 Å². The quantitative estimate of drug-likeness (QED) is 0.558. The average molecular weight is 154 g/mol. The van der Waals surface area contributed by atoms with Gasteiger partial charge in [-0.25, -0.2) is 4.79 Å². The maximum absolute atomic E-state index is 11.4. The van der Waals surface area contributed by atoms with E-state index in [4.69, 9.17) is 0 Å². The Hall–Kier alpha value is -0.990. The molecule has 62 valence electrons. The van der Waals surface area contributed by atoms with Crippen LogP contribution in [-0.2, 0) is 0 Å². The third kappa shape index (κ3) is 1.73. The fourth-order valence-corrected chi connectivity index (χ4v) is 1.21. The predicted octanol–water partition coefficient (Wildman–Crippen LogP) is 1.28. The van der Waals surface area contributed by atoms with Crippen LogP contribution in [0.1, 0.15) is 12.8 Å². The molecule has 0 spiro atoms. The van der Waals surface area contributed by atoms with Crippen molar-refractivity contribution >= 4 is 6.03 Å². The van der Waals surface area contributed by atoms with Crippen molar-refractivity contribution in [3.8, 4) is 0 Å². The minimum absolute atomic E-state index is 0.0671. The molecule has 3 nitrogen and oxygen atoms in total. The molecule has 1 fully saturated rings. The number of hydrogen-bond donors (Lipinski definition) is 0. The average Bonchev–Trinajstić information content (AvgIpc) is 2.16. The predicted molar refractivity (Wildman–Crippen MR) is 44.2 cm³/mol. The van der Waals surface area contributed by atoms with Gasteiger partial charge in [-0.05, 0) is 12.8 Å². The normalized spacial score (nSPS) is 19.9. The zero-order valence-electron chi connectivity index (χ0n) is 6.92. The molecule has 0 radical (unpaired) electrons. The van der Waals surface area contributed by atoms with Gasteiger partial charge >= 0.3 is 6.03 Å². The zero-order valence-corrected chi connectivity index (χ0v) is 6.92. The summed E-state index contributed by atoms with van der Waals surface area (Å²) in [6.45, 7) is 5.27. The van der Waals surface area contributed by atoms with Gasteiger partial charge in [-0.15, -0.1) is 0 Å². The molecule has 0 N–H and O–H groups in total. The van der Waals surface area contributed by atoms with Gasteiger partial charge in [-0.2, -0.15) is 0 Å². The lowest BCUT2D eigenvalue weighted by molar-refractivity contribution is 0.188. The number of hydrogen-bond acceptors (Lipinski definition) is 1. The monoisotopic (exact) mass is 154 g/mol. The largest absolute Gasteiger partial charge is 0.327 e. The summed E-state index contributed by atoms with van der Waals surface area (Å²) >= 11 is 0. The van der Waals surface area contributed by atoms with Gasteiger partial charge in [0.25, 0.3) is 0 Å². The van der Waals surface area contributed by atoms with Gasteiger partial charge in [0.2, 0.25) is 0 Å². The Morgan fingerprint density at radius 2 is 2.09 bits per heavy atom. The fourth-order valence-electron chi connectivity index (χ4n) is 1.21. The summed E-state index contributed by atoms with van der Waals surface area (Å²) in [7, 11) is 1.82. The topological polar surface area (TPSA) is 23.6 Å². The molecule has 0 saturated carbocycles. The van der Waals surface area contributed by atoms with Crippen LogP contribution in [0, 0.1) is 0 Å². The second-order valence-corrected chi connectivity index (χ2v) is 2.79.